The molecule has 0 aliphatic carbocycles. The van der Waals surface area contributed by atoms with Crippen LogP contribution < -0.4 is 15.0 Å². The Labute approximate surface area is 227 Å². The highest BCUT2D eigenvalue weighted by atomic mass is 79.9. The van der Waals surface area contributed by atoms with E-state index in [1.807, 2.05) is 6.92 Å². The van der Waals surface area contributed by atoms with Gasteiger partial charge in [0.1, 0.15) is 11.3 Å². The Balaban J connectivity index is 1.77. The molecular weight excluding hydrogens is 600 g/mol. The second-order valence-electron chi connectivity index (χ2n) is 8.32. The summed E-state index contributed by atoms with van der Waals surface area (Å²) in [4.78, 5) is 39.0. The lowest BCUT2D eigenvalue weighted by molar-refractivity contribution is -0.122. The van der Waals surface area contributed by atoms with Crippen molar-refractivity contribution in [2.24, 2.45) is 0 Å². The lowest BCUT2D eigenvalue weighted by Gasteiger charge is -2.26. The topological polar surface area (TPSA) is 75.7 Å². The predicted octanol–water partition coefficient (Wildman–Crippen LogP) is 7.58. The van der Waals surface area contributed by atoms with E-state index in [9.17, 15) is 14.4 Å². The molecule has 1 heterocycles. The molecule has 6 nitrogen and oxygen atoms in total. The van der Waals surface area contributed by atoms with E-state index >= 15 is 0 Å². The van der Waals surface area contributed by atoms with Gasteiger partial charge < -0.3 is 4.74 Å². The lowest BCUT2D eigenvalue weighted by Crippen LogP contribution is -2.54. The quantitative estimate of drug-likeness (QED) is 0.168. The van der Waals surface area contributed by atoms with Crippen LogP contribution in [0.1, 0.15) is 56.6 Å². The second kappa shape index (κ2) is 12.7. The van der Waals surface area contributed by atoms with Gasteiger partial charge in [-0.1, -0.05) is 56.7 Å². The summed E-state index contributed by atoms with van der Waals surface area (Å²) in [5, 5.41) is 2.64. The van der Waals surface area contributed by atoms with Crippen molar-refractivity contribution in [3.63, 3.8) is 0 Å². The number of unbranched alkanes of at least 4 members (excludes halogenated alkanes) is 5. The fourth-order valence-electron chi connectivity index (χ4n) is 3.64. The molecule has 0 atom stereocenters. The van der Waals surface area contributed by atoms with Gasteiger partial charge in [0, 0.05) is 5.02 Å². The smallest absolute Gasteiger partial charge is 0.335 e. The van der Waals surface area contributed by atoms with Crippen molar-refractivity contribution in [3.05, 3.63) is 61.0 Å². The molecule has 1 aliphatic heterocycles. The van der Waals surface area contributed by atoms with Crippen LogP contribution in [-0.4, -0.2) is 24.5 Å². The van der Waals surface area contributed by atoms with Crippen LogP contribution in [0, 0.1) is 6.92 Å². The Hall–Kier alpha value is -2.16. The fraction of sp³-hybridized carbons (Fsp3) is 0.346. The van der Waals surface area contributed by atoms with Crippen molar-refractivity contribution >= 4 is 73.1 Å². The summed E-state index contributed by atoms with van der Waals surface area (Å²) in [6.45, 7) is 4.61. The first-order chi connectivity index (χ1) is 16.7. The monoisotopic (exact) mass is 624 g/mol. The van der Waals surface area contributed by atoms with Crippen molar-refractivity contribution in [2.75, 3.05) is 11.5 Å². The van der Waals surface area contributed by atoms with Gasteiger partial charge >= 0.3 is 6.03 Å². The zero-order valence-corrected chi connectivity index (χ0v) is 23.6. The van der Waals surface area contributed by atoms with Crippen LogP contribution in [0.25, 0.3) is 6.08 Å². The number of carbonyl (C=O) groups is 3. The number of nitrogens with zero attached hydrogens (tertiary/aromatic N) is 1. The summed E-state index contributed by atoms with van der Waals surface area (Å²) in [5.74, 6) is -0.828. The number of nitrogens with one attached hydrogen (secondary N) is 1. The molecule has 3 rings (SSSR count). The number of hydrogen-bond donors (Lipinski definition) is 1. The summed E-state index contributed by atoms with van der Waals surface area (Å²) < 4.78 is 7.32. The van der Waals surface area contributed by atoms with Crippen molar-refractivity contribution in [2.45, 2.75) is 52.4 Å². The number of hydrogen-bond acceptors (Lipinski definition) is 4. The van der Waals surface area contributed by atoms with Crippen LogP contribution in [0.3, 0.4) is 0 Å². The maximum Gasteiger partial charge on any atom is 0.335 e. The van der Waals surface area contributed by atoms with Gasteiger partial charge in [0.25, 0.3) is 11.8 Å². The molecule has 2 aromatic carbocycles. The molecule has 4 amide bonds. The Morgan fingerprint density at radius 1 is 1.00 bits per heavy atom. The number of amides is 4. The van der Waals surface area contributed by atoms with Gasteiger partial charge in [-0.2, -0.15) is 0 Å². The van der Waals surface area contributed by atoms with E-state index < -0.39 is 17.8 Å². The average Bonchev–Trinajstić information content (AvgIpc) is 2.79. The minimum absolute atomic E-state index is 0.166. The molecule has 0 bridgehead atoms. The number of barbiturate groups is 1. The minimum atomic E-state index is -0.821. The standard InChI is InChI=1S/C26H27Br2ClN2O4/c1-3-4-5-6-7-8-11-35-23-20(27)13-17(14-21(23)28)12-19-24(32)30-26(34)31(25(19)33)18-10-9-16(2)22(29)15-18/h9-10,12-15H,3-8,11H2,1-2H3,(H,30,32,34)/b19-12+. The lowest BCUT2D eigenvalue weighted by atomic mass is 10.1. The summed E-state index contributed by atoms with van der Waals surface area (Å²) in [6, 6.07) is 7.53. The molecular formula is C26H27Br2ClN2O4. The van der Waals surface area contributed by atoms with Crippen LogP contribution in [0.2, 0.25) is 5.02 Å². The first-order valence-corrected chi connectivity index (χ1v) is 13.5. The Morgan fingerprint density at radius 3 is 2.31 bits per heavy atom. The van der Waals surface area contributed by atoms with Gasteiger partial charge in [-0.05, 0) is 86.7 Å². The number of halogens is 3. The van der Waals surface area contributed by atoms with Gasteiger partial charge in [-0.25, -0.2) is 9.69 Å². The second-order valence-corrected chi connectivity index (χ2v) is 10.4. The van der Waals surface area contributed by atoms with Gasteiger partial charge in [0.2, 0.25) is 0 Å². The van der Waals surface area contributed by atoms with Gasteiger partial charge in [0.05, 0.1) is 21.2 Å². The zero-order chi connectivity index (χ0) is 25.5. The average molecular weight is 627 g/mol. The predicted molar refractivity (Wildman–Crippen MR) is 146 cm³/mol. The highest BCUT2D eigenvalue weighted by molar-refractivity contribution is 9.11. The summed E-state index contributed by atoms with van der Waals surface area (Å²) in [6.07, 6.45) is 8.48. The van der Waals surface area contributed by atoms with Crippen LogP contribution in [0.5, 0.6) is 5.75 Å². The summed E-state index contributed by atoms with van der Waals surface area (Å²) >= 11 is 13.2. The van der Waals surface area contributed by atoms with Crippen molar-refractivity contribution in [1.29, 1.82) is 0 Å². The number of carbonyl (C=O) groups excluding carboxylic acids is 3. The molecule has 1 saturated heterocycles. The zero-order valence-electron chi connectivity index (χ0n) is 19.6. The maximum absolute atomic E-state index is 13.1. The summed E-state index contributed by atoms with van der Waals surface area (Å²) in [5.41, 5.74) is 1.51. The van der Waals surface area contributed by atoms with Crippen molar-refractivity contribution < 1.29 is 19.1 Å². The number of aryl methyl sites for hydroxylation is 1. The Kier molecular flexibility index (Phi) is 9.95. The van der Waals surface area contributed by atoms with E-state index in [4.69, 9.17) is 16.3 Å². The molecule has 1 fully saturated rings. The van der Waals surface area contributed by atoms with Crippen molar-refractivity contribution in [1.82, 2.24) is 5.32 Å². The minimum Gasteiger partial charge on any atom is -0.491 e. The normalized spacial score (nSPS) is 15.1. The van der Waals surface area contributed by atoms with Crippen LogP contribution in [0.15, 0.2) is 44.9 Å². The van der Waals surface area contributed by atoms with E-state index in [1.165, 1.54) is 37.8 Å². The largest absolute Gasteiger partial charge is 0.491 e. The van der Waals surface area contributed by atoms with Crippen LogP contribution in [0.4, 0.5) is 10.5 Å². The Morgan fingerprint density at radius 2 is 1.66 bits per heavy atom. The number of anilines is 1. The van der Waals surface area contributed by atoms with Gasteiger partial charge in [-0.3, -0.25) is 14.9 Å². The number of imide groups is 2. The highest BCUT2D eigenvalue weighted by Crippen LogP contribution is 2.36. The number of benzene rings is 2. The molecule has 0 saturated carbocycles. The number of urea groups is 1. The van der Waals surface area contributed by atoms with E-state index in [1.54, 1.807) is 24.3 Å². The number of rotatable bonds is 10. The van der Waals surface area contributed by atoms with Gasteiger partial charge in [0.15, 0.2) is 0 Å². The third-order valence-corrected chi connectivity index (χ3v) is 7.18. The molecule has 1 N–H and O–H groups in total. The maximum atomic E-state index is 13.1. The van der Waals surface area contributed by atoms with E-state index in [-0.39, 0.29) is 11.3 Å². The first kappa shape index (κ1) is 27.4. The molecule has 9 heteroatoms. The van der Waals surface area contributed by atoms with Crippen molar-refractivity contribution in [3.8, 4) is 5.75 Å². The van der Waals surface area contributed by atoms with E-state index in [2.05, 4.69) is 44.1 Å². The van der Waals surface area contributed by atoms with E-state index in [0.29, 0.717) is 31.9 Å². The fourth-order valence-corrected chi connectivity index (χ4v) is 5.26. The molecule has 186 valence electrons. The van der Waals surface area contributed by atoms with Gasteiger partial charge in [-0.15, -0.1) is 0 Å². The third-order valence-electron chi connectivity index (χ3n) is 5.59. The molecule has 0 aromatic heterocycles. The molecule has 1 aliphatic rings. The third kappa shape index (κ3) is 6.96. The molecule has 0 unspecified atom stereocenters. The molecule has 2 aromatic rings. The first-order valence-electron chi connectivity index (χ1n) is 11.5. The molecule has 0 radical (unpaired) electrons. The van der Waals surface area contributed by atoms with Crippen LogP contribution >= 0.6 is 43.5 Å². The molecule has 0 spiro atoms. The van der Waals surface area contributed by atoms with Crippen LogP contribution in [-0.2, 0) is 9.59 Å². The molecule has 35 heavy (non-hydrogen) atoms. The highest BCUT2D eigenvalue weighted by Gasteiger charge is 2.37. The number of ether oxygens (including phenoxy) is 1. The van der Waals surface area contributed by atoms with E-state index in [0.717, 1.165) is 23.3 Å². The summed E-state index contributed by atoms with van der Waals surface area (Å²) in [7, 11) is 0. The SMILES string of the molecule is CCCCCCCCOc1c(Br)cc(/C=C2\C(=O)NC(=O)N(c3ccc(C)c(Cl)c3)C2=O)cc1Br. The Bertz CT molecular complexity index is 1140.